The van der Waals surface area contributed by atoms with Crippen molar-refractivity contribution in [2.24, 2.45) is 53.3 Å². The van der Waals surface area contributed by atoms with E-state index in [1.54, 1.807) is 18.2 Å². The van der Waals surface area contributed by atoms with Crippen LogP contribution in [0.2, 0.25) is 0 Å². The largest absolute Gasteiger partial charge is 0.349 e. The molecule has 6 heteroatoms. The Kier molecular flexibility index (Phi) is 7.63. The van der Waals surface area contributed by atoms with E-state index in [-0.39, 0.29) is 35.8 Å². The third-order valence-electron chi connectivity index (χ3n) is 13.1. The fourth-order valence-corrected chi connectivity index (χ4v) is 10.9. The smallest absolute Gasteiger partial charge is 0.251 e. The highest BCUT2D eigenvalue weighted by molar-refractivity contribution is 6.04. The molecule has 42 heavy (non-hydrogen) atoms. The summed E-state index contributed by atoms with van der Waals surface area (Å²) in [6, 6.07) is 5.33. The second-order valence-electron chi connectivity index (χ2n) is 15.6. The van der Waals surface area contributed by atoms with Gasteiger partial charge in [0.2, 0.25) is 0 Å². The van der Waals surface area contributed by atoms with Crippen LogP contribution in [0.5, 0.6) is 0 Å². The summed E-state index contributed by atoms with van der Waals surface area (Å²) in [6.07, 6.45) is 15.3. The lowest BCUT2D eigenvalue weighted by Gasteiger charge is -2.29. The zero-order valence-corrected chi connectivity index (χ0v) is 25.9. The Morgan fingerprint density at radius 2 is 0.786 bits per heavy atom. The molecule has 6 aliphatic rings. The Morgan fingerprint density at radius 3 is 1.00 bits per heavy atom. The third kappa shape index (κ3) is 5.41. The maximum atomic E-state index is 13.6. The average Bonchev–Trinajstić information content (AvgIpc) is 3.84. The van der Waals surface area contributed by atoms with Crippen LogP contribution in [0.4, 0.5) is 0 Å². The molecule has 0 unspecified atom stereocenters. The number of carbonyl (C=O) groups is 3. The van der Waals surface area contributed by atoms with Crippen LogP contribution < -0.4 is 16.0 Å². The van der Waals surface area contributed by atoms with Gasteiger partial charge in [-0.1, -0.05) is 19.3 Å². The number of benzene rings is 1. The van der Waals surface area contributed by atoms with Crippen molar-refractivity contribution < 1.29 is 14.4 Å². The molecule has 6 aliphatic carbocycles. The maximum absolute atomic E-state index is 13.6. The fraction of sp³-hybridized carbons (Fsp3) is 0.750. The number of hydrogen-bond acceptors (Lipinski definition) is 3. The van der Waals surface area contributed by atoms with Crippen molar-refractivity contribution in [3.63, 3.8) is 0 Å². The summed E-state index contributed by atoms with van der Waals surface area (Å²) >= 11 is 0. The zero-order chi connectivity index (χ0) is 29.1. The molecule has 0 aromatic heterocycles. The number of nitrogens with one attached hydrogen (secondary N) is 3. The zero-order valence-electron chi connectivity index (χ0n) is 25.9. The van der Waals surface area contributed by atoms with E-state index in [0.29, 0.717) is 52.2 Å². The van der Waals surface area contributed by atoms with E-state index in [9.17, 15) is 14.4 Å². The lowest BCUT2D eigenvalue weighted by atomic mass is 9.83. The summed E-state index contributed by atoms with van der Waals surface area (Å²) in [5.41, 5.74) is 1.22. The minimum atomic E-state index is -0.184. The molecule has 0 spiro atoms. The van der Waals surface area contributed by atoms with Crippen LogP contribution in [0.25, 0.3) is 0 Å². The molecular weight excluding hydrogens is 522 g/mol. The second kappa shape index (κ2) is 11.3. The van der Waals surface area contributed by atoms with Gasteiger partial charge in [-0.2, -0.15) is 0 Å². The van der Waals surface area contributed by atoms with Crippen LogP contribution in [0.1, 0.15) is 129 Å². The van der Waals surface area contributed by atoms with Crippen LogP contribution in [0.15, 0.2) is 18.2 Å². The Balaban J connectivity index is 1.08. The highest BCUT2D eigenvalue weighted by Gasteiger charge is 2.44. The Hall–Kier alpha value is -2.37. The van der Waals surface area contributed by atoms with Gasteiger partial charge < -0.3 is 16.0 Å². The molecule has 0 heterocycles. The summed E-state index contributed by atoms with van der Waals surface area (Å²) in [6.45, 7) is 6.38. The molecule has 3 N–H and O–H groups in total. The molecule has 0 radical (unpaired) electrons. The van der Waals surface area contributed by atoms with Crippen molar-refractivity contribution in [3.8, 4) is 0 Å². The molecule has 0 aliphatic heterocycles. The van der Waals surface area contributed by atoms with Crippen LogP contribution >= 0.6 is 0 Å². The molecule has 6 bridgehead atoms. The van der Waals surface area contributed by atoms with Gasteiger partial charge in [0, 0.05) is 34.8 Å². The summed E-state index contributed by atoms with van der Waals surface area (Å²) in [5, 5.41) is 9.78. The van der Waals surface area contributed by atoms with Gasteiger partial charge in [0.1, 0.15) is 0 Å². The van der Waals surface area contributed by atoms with E-state index in [4.69, 9.17) is 0 Å². The molecule has 0 saturated heterocycles. The van der Waals surface area contributed by atoms with Gasteiger partial charge in [-0.25, -0.2) is 0 Å². The molecule has 3 amide bonds. The first-order valence-electron chi connectivity index (χ1n) is 17.3. The minimum absolute atomic E-state index is 0.0816. The van der Waals surface area contributed by atoms with Gasteiger partial charge >= 0.3 is 0 Å². The topological polar surface area (TPSA) is 87.3 Å². The fourth-order valence-electron chi connectivity index (χ4n) is 10.9. The normalized spacial score (nSPS) is 37.9. The van der Waals surface area contributed by atoms with Crippen molar-refractivity contribution in [3.05, 3.63) is 34.9 Å². The monoisotopic (exact) mass is 573 g/mol. The molecule has 6 nitrogen and oxygen atoms in total. The molecule has 228 valence electrons. The van der Waals surface area contributed by atoms with Gasteiger partial charge in [0.25, 0.3) is 17.7 Å². The lowest BCUT2D eigenvalue weighted by Crippen LogP contribution is -2.42. The minimum Gasteiger partial charge on any atom is -0.349 e. The van der Waals surface area contributed by atoms with Gasteiger partial charge in [0.15, 0.2) is 0 Å². The van der Waals surface area contributed by atoms with Crippen molar-refractivity contribution in [1.29, 1.82) is 0 Å². The van der Waals surface area contributed by atoms with Crippen LogP contribution in [-0.4, -0.2) is 35.8 Å². The van der Waals surface area contributed by atoms with E-state index in [1.807, 2.05) is 0 Å². The molecular formula is C36H51N3O3. The predicted octanol–water partition coefficient (Wildman–Crippen LogP) is 6.35. The quantitative estimate of drug-likeness (QED) is 0.322. The van der Waals surface area contributed by atoms with Gasteiger partial charge in [-0.3, -0.25) is 14.4 Å². The van der Waals surface area contributed by atoms with Crippen molar-refractivity contribution >= 4 is 17.7 Å². The second-order valence-corrected chi connectivity index (χ2v) is 15.6. The average molecular weight is 574 g/mol. The van der Waals surface area contributed by atoms with E-state index in [2.05, 4.69) is 36.7 Å². The standard InChI is InChI=1S/C36H51N3O3/c1-19(31-13-22-4-7-25(31)10-22)37-34(40)28-16-29(35(41)38-20(2)32-14-23-5-8-26(32)11-23)18-30(17-28)36(42)39-21(3)33-15-24-6-9-27(33)12-24/h16-27,31-33H,4-15H2,1-3H3,(H,37,40)(H,38,41)(H,39,42)/t19-,20-,21+,22+,23+,24+,25+,26+,27+,31-,32-,33-/m0/s1. The van der Waals surface area contributed by atoms with E-state index >= 15 is 0 Å². The van der Waals surface area contributed by atoms with E-state index in [0.717, 1.165) is 17.8 Å². The van der Waals surface area contributed by atoms with Gasteiger partial charge in [-0.05, 0) is 150 Å². The van der Waals surface area contributed by atoms with Crippen LogP contribution in [-0.2, 0) is 0 Å². The highest BCUT2D eigenvalue weighted by atomic mass is 16.2. The number of rotatable bonds is 9. The highest BCUT2D eigenvalue weighted by Crippen LogP contribution is 2.51. The molecule has 12 atom stereocenters. The molecule has 6 fully saturated rings. The molecule has 1 aromatic rings. The third-order valence-corrected chi connectivity index (χ3v) is 13.1. The lowest BCUT2D eigenvalue weighted by molar-refractivity contribution is 0.0914. The first-order chi connectivity index (χ1) is 20.2. The van der Waals surface area contributed by atoms with Gasteiger partial charge in [0.05, 0.1) is 0 Å². The Morgan fingerprint density at radius 1 is 0.500 bits per heavy atom. The number of amides is 3. The predicted molar refractivity (Wildman–Crippen MR) is 164 cm³/mol. The van der Waals surface area contributed by atoms with Gasteiger partial charge in [-0.15, -0.1) is 0 Å². The van der Waals surface area contributed by atoms with E-state index < -0.39 is 0 Å². The summed E-state index contributed by atoms with van der Waals surface area (Å²) < 4.78 is 0. The first kappa shape index (κ1) is 28.4. The molecule has 7 rings (SSSR count). The maximum Gasteiger partial charge on any atom is 0.251 e. The number of carbonyl (C=O) groups excluding carboxylic acids is 3. The summed E-state index contributed by atoms with van der Waals surface area (Å²) in [5.74, 6) is 5.59. The molecule has 1 aromatic carbocycles. The van der Waals surface area contributed by atoms with Crippen molar-refractivity contribution in [2.75, 3.05) is 0 Å². The SMILES string of the molecule is C[C@H](NC(=O)c1cc(C(=O)N[C@@H](C)[C@@H]2C[C@@H]3CC[C@@H]2C3)cc(C(=O)N[C@H](C)[C@@H]2C[C@@H]3CC[C@@H]2C3)c1)[C@@H]1C[C@@H]2CC[C@@H]1C2. The van der Waals surface area contributed by atoms with Crippen molar-refractivity contribution in [1.82, 2.24) is 16.0 Å². The van der Waals surface area contributed by atoms with Crippen LogP contribution in [0.3, 0.4) is 0 Å². The molecule has 6 saturated carbocycles. The summed E-state index contributed by atoms with van der Waals surface area (Å²) in [4.78, 5) is 40.9. The number of hydrogen-bond donors (Lipinski definition) is 3. The number of fused-ring (bicyclic) bond motifs is 6. The Labute approximate surface area is 251 Å². The van der Waals surface area contributed by atoms with Crippen molar-refractivity contribution in [2.45, 2.75) is 116 Å². The Bertz CT molecular complexity index is 1070. The van der Waals surface area contributed by atoms with E-state index in [1.165, 1.54) is 77.0 Å². The first-order valence-corrected chi connectivity index (χ1v) is 17.3. The van der Waals surface area contributed by atoms with Crippen LogP contribution in [0, 0.1) is 53.3 Å². The summed E-state index contributed by atoms with van der Waals surface area (Å²) in [7, 11) is 0.